The number of carbonyl (C=O) groups is 1. The van der Waals surface area contributed by atoms with Crippen LogP contribution in [0.5, 0.6) is 11.5 Å². The Morgan fingerprint density at radius 1 is 0.919 bits per heavy atom. The lowest BCUT2D eigenvalue weighted by Gasteiger charge is -2.14. The molecule has 4 rings (SSSR count). The number of thioether (sulfide) groups is 1. The average molecular weight is 529 g/mol. The Morgan fingerprint density at radius 2 is 1.59 bits per heavy atom. The zero-order valence-corrected chi connectivity index (χ0v) is 20.6. The summed E-state index contributed by atoms with van der Waals surface area (Å²) in [5.41, 5.74) is -0.498. The van der Waals surface area contributed by atoms with Crippen LogP contribution in [-0.4, -0.2) is 33.0 Å². The van der Waals surface area contributed by atoms with Crippen molar-refractivity contribution in [3.63, 3.8) is 0 Å². The van der Waals surface area contributed by atoms with Crippen LogP contribution in [0.4, 0.5) is 18.9 Å². The highest BCUT2D eigenvalue weighted by molar-refractivity contribution is 7.99. The summed E-state index contributed by atoms with van der Waals surface area (Å²) < 4.78 is 52.9. The summed E-state index contributed by atoms with van der Waals surface area (Å²) >= 11 is 1.05. The largest absolute Gasteiger partial charge is 0.494 e. The van der Waals surface area contributed by atoms with Gasteiger partial charge in [0.1, 0.15) is 18.1 Å². The van der Waals surface area contributed by atoms with Crippen molar-refractivity contribution >= 4 is 23.4 Å². The molecule has 0 aliphatic heterocycles. The Hall–Kier alpha value is -3.99. The van der Waals surface area contributed by atoms with Crippen LogP contribution < -0.4 is 14.8 Å². The van der Waals surface area contributed by atoms with Gasteiger partial charge in [-0.2, -0.15) is 13.2 Å². The van der Waals surface area contributed by atoms with Crippen LogP contribution in [-0.2, 0) is 17.6 Å². The smallest absolute Gasteiger partial charge is 0.418 e. The van der Waals surface area contributed by atoms with Gasteiger partial charge in [0.2, 0.25) is 5.91 Å². The highest BCUT2D eigenvalue weighted by Gasteiger charge is 2.33. The molecule has 7 nitrogen and oxygen atoms in total. The van der Waals surface area contributed by atoms with Crippen LogP contribution in [0.25, 0.3) is 5.69 Å². The minimum atomic E-state index is -4.58. The summed E-state index contributed by atoms with van der Waals surface area (Å²) in [6.45, 7) is 2.52. The van der Waals surface area contributed by atoms with E-state index in [4.69, 9.17) is 9.47 Å². The molecular formula is C26H23F3N4O3S. The molecule has 1 aromatic heterocycles. The third kappa shape index (κ3) is 6.82. The summed E-state index contributed by atoms with van der Waals surface area (Å²) in [6.07, 6.45) is -4.58. The van der Waals surface area contributed by atoms with E-state index in [1.54, 1.807) is 16.7 Å². The van der Waals surface area contributed by atoms with Gasteiger partial charge in [-0.3, -0.25) is 9.36 Å². The SMILES string of the molecule is CCOc1ccc(-n2c(COc3ccccc3)nnc2SCC(=O)Nc2ccccc2C(F)(F)F)cc1. The lowest BCUT2D eigenvalue weighted by atomic mass is 10.1. The number of hydrogen-bond donors (Lipinski definition) is 1. The van der Waals surface area contributed by atoms with E-state index in [1.807, 2.05) is 49.4 Å². The van der Waals surface area contributed by atoms with Crippen molar-refractivity contribution in [2.24, 2.45) is 0 Å². The van der Waals surface area contributed by atoms with Gasteiger partial charge in [0.05, 0.1) is 23.6 Å². The van der Waals surface area contributed by atoms with E-state index in [0.29, 0.717) is 34.8 Å². The first-order chi connectivity index (χ1) is 17.8. The number of nitrogens with zero attached hydrogens (tertiary/aromatic N) is 3. The number of benzene rings is 3. The Balaban J connectivity index is 1.53. The predicted molar refractivity (Wildman–Crippen MR) is 134 cm³/mol. The van der Waals surface area contributed by atoms with Gasteiger partial charge in [0, 0.05) is 5.69 Å². The number of aromatic nitrogens is 3. The molecule has 0 saturated carbocycles. The number of nitrogens with one attached hydrogen (secondary N) is 1. The van der Waals surface area contributed by atoms with Crippen molar-refractivity contribution in [1.29, 1.82) is 0 Å². The second-order valence-electron chi connectivity index (χ2n) is 7.64. The zero-order chi connectivity index (χ0) is 26.3. The van der Waals surface area contributed by atoms with E-state index < -0.39 is 17.6 Å². The summed E-state index contributed by atoms with van der Waals surface area (Å²) in [4.78, 5) is 12.5. The van der Waals surface area contributed by atoms with Gasteiger partial charge in [0.25, 0.3) is 0 Å². The van der Waals surface area contributed by atoms with E-state index in [-0.39, 0.29) is 18.0 Å². The third-order valence-corrected chi connectivity index (χ3v) is 5.99. The number of halogens is 3. The summed E-state index contributed by atoms with van der Waals surface area (Å²) in [6, 6.07) is 21.3. The van der Waals surface area contributed by atoms with Gasteiger partial charge < -0.3 is 14.8 Å². The number of rotatable bonds is 10. The first kappa shape index (κ1) is 26.1. The fourth-order valence-electron chi connectivity index (χ4n) is 3.43. The molecule has 37 heavy (non-hydrogen) atoms. The van der Waals surface area contributed by atoms with Crippen molar-refractivity contribution in [2.75, 3.05) is 17.7 Å². The molecule has 0 aliphatic rings. The second kappa shape index (κ2) is 11.8. The van der Waals surface area contributed by atoms with Crippen LogP contribution in [0.1, 0.15) is 18.3 Å². The average Bonchev–Trinajstić information content (AvgIpc) is 3.30. The predicted octanol–water partition coefficient (Wildman–Crippen LogP) is 5.99. The van der Waals surface area contributed by atoms with Crippen LogP contribution in [0.15, 0.2) is 84.0 Å². The van der Waals surface area contributed by atoms with Crippen LogP contribution in [0, 0.1) is 0 Å². The van der Waals surface area contributed by atoms with Crippen molar-refractivity contribution in [1.82, 2.24) is 14.8 Å². The zero-order valence-electron chi connectivity index (χ0n) is 19.7. The lowest BCUT2D eigenvalue weighted by molar-refractivity contribution is -0.137. The second-order valence-corrected chi connectivity index (χ2v) is 8.59. The molecule has 1 amide bonds. The molecule has 3 aromatic carbocycles. The molecule has 0 saturated heterocycles. The monoisotopic (exact) mass is 528 g/mol. The van der Waals surface area contributed by atoms with Crippen molar-refractivity contribution in [2.45, 2.75) is 24.9 Å². The summed E-state index contributed by atoms with van der Waals surface area (Å²) in [7, 11) is 0. The fourth-order valence-corrected chi connectivity index (χ4v) is 4.20. The topological polar surface area (TPSA) is 78.3 Å². The number of ether oxygens (including phenoxy) is 2. The van der Waals surface area contributed by atoms with Gasteiger partial charge in [-0.25, -0.2) is 0 Å². The molecule has 1 heterocycles. The molecular weight excluding hydrogens is 505 g/mol. The van der Waals surface area contributed by atoms with E-state index in [2.05, 4.69) is 15.5 Å². The highest BCUT2D eigenvalue weighted by atomic mass is 32.2. The Morgan fingerprint density at radius 3 is 2.30 bits per heavy atom. The number of anilines is 1. The molecule has 0 bridgehead atoms. The number of amides is 1. The molecule has 0 unspecified atom stereocenters. The third-order valence-electron chi connectivity index (χ3n) is 5.06. The van der Waals surface area contributed by atoms with Crippen LogP contribution in [0.3, 0.4) is 0 Å². The molecule has 0 aliphatic carbocycles. The molecule has 11 heteroatoms. The molecule has 192 valence electrons. The highest BCUT2D eigenvalue weighted by Crippen LogP contribution is 2.34. The summed E-state index contributed by atoms with van der Waals surface area (Å²) in [5, 5.41) is 11.2. The van der Waals surface area contributed by atoms with Crippen molar-refractivity contribution < 1.29 is 27.4 Å². The van der Waals surface area contributed by atoms with E-state index in [0.717, 1.165) is 17.8 Å². The Labute approximate surface area is 215 Å². The van der Waals surface area contributed by atoms with Crippen molar-refractivity contribution in [3.8, 4) is 17.2 Å². The van der Waals surface area contributed by atoms with Gasteiger partial charge in [-0.05, 0) is 55.5 Å². The number of hydrogen-bond acceptors (Lipinski definition) is 6. The van der Waals surface area contributed by atoms with Gasteiger partial charge >= 0.3 is 6.18 Å². The number of carbonyl (C=O) groups excluding carboxylic acids is 1. The Bertz CT molecular complexity index is 1330. The summed E-state index contributed by atoms with van der Waals surface area (Å²) in [5.74, 6) is 1.04. The Kier molecular flexibility index (Phi) is 8.34. The lowest BCUT2D eigenvalue weighted by Crippen LogP contribution is -2.18. The molecule has 0 spiro atoms. The van der Waals surface area contributed by atoms with Crippen LogP contribution in [0.2, 0.25) is 0 Å². The molecule has 0 radical (unpaired) electrons. The van der Waals surface area contributed by atoms with Gasteiger partial charge in [0.15, 0.2) is 11.0 Å². The van der Waals surface area contributed by atoms with Gasteiger partial charge in [-0.1, -0.05) is 42.1 Å². The minimum Gasteiger partial charge on any atom is -0.494 e. The molecule has 1 N–H and O–H groups in total. The standard InChI is InChI=1S/C26H23F3N4O3S/c1-2-35-20-14-12-18(13-15-20)33-23(16-36-19-8-4-3-5-9-19)31-32-25(33)37-17-24(34)30-22-11-7-6-10-21(22)26(27,28)29/h3-15H,2,16-17H2,1H3,(H,30,34). The van der Waals surface area contributed by atoms with Gasteiger partial charge in [-0.15, -0.1) is 10.2 Å². The molecule has 0 atom stereocenters. The van der Waals surface area contributed by atoms with E-state index in [9.17, 15) is 18.0 Å². The molecule has 4 aromatic rings. The fraction of sp³-hybridized carbons (Fsp3) is 0.192. The minimum absolute atomic E-state index is 0.107. The normalized spacial score (nSPS) is 11.2. The maximum Gasteiger partial charge on any atom is 0.418 e. The first-order valence-corrected chi connectivity index (χ1v) is 12.3. The maximum absolute atomic E-state index is 13.3. The molecule has 0 fully saturated rings. The number of alkyl halides is 3. The van der Waals surface area contributed by atoms with Crippen molar-refractivity contribution in [3.05, 3.63) is 90.3 Å². The van der Waals surface area contributed by atoms with Crippen LogP contribution >= 0.6 is 11.8 Å². The quantitative estimate of drug-likeness (QED) is 0.255. The number of para-hydroxylation sites is 2. The first-order valence-electron chi connectivity index (χ1n) is 11.3. The van der Waals surface area contributed by atoms with E-state index in [1.165, 1.54) is 18.2 Å². The van der Waals surface area contributed by atoms with E-state index >= 15 is 0 Å². The maximum atomic E-state index is 13.3.